The molecule has 2 heterocycles. The van der Waals surface area contributed by atoms with Crippen LogP contribution >= 0.6 is 11.8 Å². The molecule has 1 N–H and O–H groups in total. The molecule has 1 aromatic heterocycles. The monoisotopic (exact) mass is 458 g/mol. The van der Waals surface area contributed by atoms with E-state index in [9.17, 15) is 9.59 Å². The number of rotatable bonds is 7. The molecule has 0 saturated heterocycles. The Kier molecular flexibility index (Phi) is 6.60. The second-order valence-corrected chi connectivity index (χ2v) is 9.22. The number of hydrogen-bond acceptors (Lipinski definition) is 6. The lowest BCUT2D eigenvalue weighted by molar-refractivity contribution is -0.137. The number of thioether (sulfide) groups is 1. The van der Waals surface area contributed by atoms with Crippen LogP contribution in [0.4, 0.5) is 5.69 Å². The molecule has 168 valence electrons. The van der Waals surface area contributed by atoms with Crippen molar-refractivity contribution in [3.8, 4) is 0 Å². The molecule has 7 heteroatoms. The zero-order valence-corrected chi connectivity index (χ0v) is 20.0. The quantitative estimate of drug-likeness (QED) is 0.407. The van der Waals surface area contributed by atoms with Crippen LogP contribution in [0, 0.1) is 27.7 Å². The van der Waals surface area contributed by atoms with Crippen LogP contribution in [0.5, 0.6) is 0 Å². The Hall–Kier alpha value is -3.45. The molecule has 1 aliphatic rings. The Balaban J connectivity index is 1.66. The molecule has 0 fully saturated rings. The van der Waals surface area contributed by atoms with Crippen LogP contribution in [0.3, 0.4) is 0 Å². The summed E-state index contributed by atoms with van der Waals surface area (Å²) in [4.78, 5) is 37.3. The van der Waals surface area contributed by atoms with Crippen molar-refractivity contribution in [1.82, 2.24) is 14.9 Å². The van der Waals surface area contributed by atoms with Crippen molar-refractivity contribution in [2.45, 2.75) is 39.3 Å². The molecule has 4 rings (SSSR count). The fraction of sp³-hybridized carbons (Fsp3) is 0.231. The van der Waals surface area contributed by atoms with Crippen LogP contribution in [0.1, 0.15) is 28.1 Å². The molecular weight excluding hydrogens is 432 g/mol. The second kappa shape index (κ2) is 9.58. The average molecular weight is 459 g/mol. The zero-order chi connectivity index (χ0) is 23.5. The molecule has 0 unspecified atom stereocenters. The molecule has 0 saturated carbocycles. The maximum atomic E-state index is 13.4. The first kappa shape index (κ1) is 22.7. The third-order valence-electron chi connectivity index (χ3n) is 5.24. The van der Waals surface area contributed by atoms with Crippen LogP contribution in [0.25, 0.3) is 0 Å². The second-order valence-electron chi connectivity index (χ2n) is 8.24. The van der Waals surface area contributed by atoms with Crippen LogP contribution < -0.4 is 5.32 Å². The molecule has 0 radical (unpaired) electrons. The molecule has 6 nitrogen and oxygen atoms in total. The number of aromatic nitrogens is 2. The van der Waals surface area contributed by atoms with Gasteiger partial charge >= 0.3 is 0 Å². The number of anilines is 1. The Morgan fingerprint density at radius 3 is 2.12 bits per heavy atom. The third-order valence-corrected chi connectivity index (χ3v) is 6.19. The minimum atomic E-state index is -0.332. The number of imide groups is 1. The summed E-state index contributed by atoms with van der Waals surface area (Å²) in [5.41, 5.74) is 5.88. The predicted molar refractivity (Wildman–Crippen MR) is 131 cm³/mol. The van der Waals surface area contributed by atoms with E-state index in [0.717, 1.165) is 45.5 Å². The van der Waals surface area contributed by atoms with Crippen molar-refractivity contribution >= 4 is 29.3 Å². The zero-order valence-electron chi connectivity index (χ0n) is 19.2. The van der Waals surface area contributed by atoms with E-state index >= 15 is 0 Å². The van der Waals surface area contributed by atoms with Gasteiger partial charge in [-0.3, -0.25) is 14.5 Å². The van der Waals surface area contributed by atoms with Gasteiger partial charge in [0.2, 0.25) is 0 Å². The molecule has 2 amide bonds. The van der Waals surface area contributed by atoms with E-state index in [1.165, 1.54) is 4.90 Å². The van der Waals surface area contributed by atoms with Gasteiger partial charge in [0, 0.05) is 23.6 Å². The Morgan fingerprint density at radius 2 is 1.48 bits per heavy atom. The molecule has 0 spiro atoms. The van der Waals surface area contributed by atoms with Crippen molar-refractivity contribution in [2.24, 2.45) is 0 Å². The molecule has 33 heavy (non-hydrogen) atoms. The number of hydrogen-bond donors (Lipinski definition) is 1. The molecule has 3 aromatic rings. The lowest BCUT2D eigenvalue weighted by atomic mass is 10.1. The topological polar surface area (TPSA) is 75.2 Å². The number of carbonyl (C=O) groups is 2. The minimum absolute atomic E-state index is 0.269. The summed E-state index contributed by atoms with van der Waals surface area (Å²) >= 11 is 1.14. The summed E-state index contributed by atoms with van der Waals surface area (Å²) in [6.07, 6.45) is 0.590. The standard InChI is InChI=1S/C26H26N4O2S/c1-16-12-17(2)14-21(13-16)29-22-23(33-26-27-18(3)15-19(4)28-26)25(32)30(24(22)31)11-10-20-8-6-5-7-9-20/h5-9,12-15,29H,10-11H2,1-4H3. The van der Waals surface area contributed by atoms with Crippen LogP contribution in [-0.2, 0) is 16.0 Å². The van der Waals surface area contributed by atoms with Crippen molar-refractivity contribution in [2.75, 3.05) is 11.9 Å². The lowest BCUT2D eigenvalue weighted by Crippen LogP contribution is -2.34. The van der Waals surface area contributed by atoms with Gasteiger partial charge in [-0.2, -0.15) is 0 Å². The highest BCUT2D eigenvalue weighted by Crippen LogP contribution is 2.35. The number of carbonyl (C=O) groups excluding carboxylic acids is 2. The van der Waals surface area contributed by atoms with Gasteiger partial charge in [-0.15, -0.1) is 0 Å². The Morgan fingerprint density at radius 1 is 0.848 bits per heavy atom. The van der Waals surface area contributed by atoms with E-state index in [0.29, 0.717) is 23.0 Å². The predicted octanol–water partition coefficient (Wildman–Crippen LogP) is 4.74. The summed E-state index contributed by atoms with van der Waals surface area (Å²) in [6, 6.07) is 17.7. The largest absolute Gasteiger partial charge is 0.350 e. The van der Waals surface area contributed by atoms with Gasteiger partial charge < -0.3 is 5.32 Å². The van der Waals surface area contributed by atoms with E-state index in [1.54, 1.807) is 0 Å². The molecule has 2 aromatic carbocycles. The number of nitrogens with one attached hydrogen (secondary N) is 1. The van der Waals surface area contributed by atoms with E-state index in [2.05, 4.69) is 21.4 Å². The SMILES string of the molecule is Cc1cc(C)cc(NC2=C(Sc3nc(C)cc(C)n3)C(=O)N(CCc3ccccc3)C2=O)c1. The molecule has 0 aliphatic carbocycles. The van der Waals surface area contributed by atoms with Gasteiger partial charge in [0.05, 0.1) is 0 Å². The fourth-order valence-electron chi connectivity index (χ4n) is 3.87. The van der Waals surface area contributed by atoms with Crippen LogP contribution in [0.2, 0.25) is 0 Å². The van der Waals surface area contributed by atoms with E-state index in [4.69, 9.17) is 0 Å². The molecule has 0 bridgehead atoms. The first-order valence-electron chi connectivity index (χ1n) is 10.8. The van der Waals surface area contributed by atoms with Gasteiger partial charge in [-0.1, -0.05) is 36.4 Å². The number of amides is 2. The number of aryl methyl sites for hydroxylation is 4. The van der Waals surface area contributed by atoms with Crippen molar-refractivity contribution < 1.29 is 9.59 Å². The highest BCUT2D eigenvalue weighted by Gasteiger charge is 2.39. The van der Waals surface area contributed by atoms with Crippen LogP contribution in [-0.4, -0.2) is 33.2 Å². The van der Waals surface area contributed by atoms with Gasteiger partial charge in [0.15, 0.2) is 5.16 Å². The number of nitrogens with zero attached hydrogens (tertiary/aromatic N) is 3. The molecule has 0 atom stereocenters. The highest BCUT2D eigenvalue weighted by molar-refractivity contribution is 8.04. The first-order valence-corrected chi connectivity index (χ1v) is 11.6. The van der Waals surface area contributed by atoms with E-state index in [1.807, 2.05) is 76.2 Å². The maximum absolute atomic E-state index is 13.4. The van der Waals surface area contributed by atoms with Crippen molar-refractivity contribution in [3.05, 3.63) is 93.3 Å². The van der Waals surface area contributed by atoms with Gasteiger partial charge in [-0.25, -0.2) is 9.97 Å². The summed E-state index contributed by atoms with van der Waals surface area (Å²) in [7, 11) is 0. The van der Waals surface area contributed by atoms with E-state index in [-0.39, 0.29) is 17.5 Å². The first-order chi connectivity index (χ1) is 15.8. The van der Waals surface area contributed by atoms with Gasteiger partial charge in [0.1, 0.15) is 10.6 Å². The fourth-order valence-corrected chi connectivity index (χ4v) is 4.87. The highest BCUT2D eigenvalue weighted by atomic mass is 32.2. The number of benzene rings is 2. The molecule has 1 aliphatic heterocycles. The van der Waals surface area contributed by atoms with Crippen LogP contribution in [0.15, 0.2) is 70.4 Å². The summed E-state index contributed by atoms with van der Waals surface area (Å²) in [5.74, 6) is -0.655. The van der Waals surface area contributed by atoms with Crippen molar-refractivity contribution in [1.29, 1.82) is 0 Å². The normalized spacial score (nSPS) is 13.8. The van der Waals surface area contributed by atoms with Crippen molar-refractivity contribution in [3.63, 3.8) is 0 Å². The van der Waals surface area contributed by atoms with E-state index < -0.39 is 0 Å². The smallest absolute Gasteiger partial charge is 0.278 e. The maximum Gasteiger partial charge on any atom is 0.278 e. The Bertz CT molecular complexity index is 1140. The lowest BCUT2D eigenvalue weighted by Gasteiger charge is -2.15. The van der Waals surface area contributed by atoms with Gasteiger partial charge in [-0.05, 0) is 80.8 Å². The van der Waals surface area contributed by atoms with Gasteiger partial charge in [0.25, 0.3) is 11.8 Å². The Labute approximate surface area is 198 Å². The molecular formula is C26H26N4O2S. The average Bonchev–Trinajstić information content (AvgIpc) is 2.95. The summed E-state index contributed by atoms with van der Waals surface area (Å²) in [6.45, 7) is 8.07. The third kappa shape index (κ3) is 5.31. The minimum Gasteiger partial charge on any atom is -0.350 e. The summed E-state index contributed by atoms with van der Waals surface area (Å²) in [5, 5.41) is 3.67. The summed E-state index contributed by atoms with van der Waals surface area (Å²) < 4.78 is 0.